The number of aromatic hydroxyl groups is 1. The number of likely N-dealkylation sites (N-methyl/N-ethyl adjacent to an activating group) is 1. The molecule has 0 unspecified atom stereocenters. The molecule has 1 fully saturated rings. The lowest BCUT2D eigenvalue weighted by molar-refractivity contribution is -0.133. The van der Waals surface area contributed by atoms with Crippen LogP contribution in [0.1, 0.15) is 38.2 Å². The summed E-state index contributed by atoms with van der Waals surface area (Å²) in [5.41, 5.74) is 0.874. The minimum Gasteiger partial charge on any atom is -0.504 e. The van der Waals surface area contributed by atoms with Crippen LogP contribution in [-0.2, 0) is 11.2 Å². The number of ether oxygens (including phenoxy) is 1. The molecule has 1 aromatic rings. The SMILES string of the molecule is COc1cc(CC(=O)N(CCN(C)C)[C@H]2CC[C@H](C)CC2)ccc1O.Cl. The first-order chi connectivity index (χ1) is 11.9. The Balaban J connectivity index is 0.00000338. The van der Waals surface area contributed by atoms with Crippen molar-refractivity contribution in [3.05, 3.63) is 23.8 Å². The highest BCUT2D eigenvalue weighted by atomic mass is 35.5. The summed E-state index contributed by atoms with van der Waals surface area (Å²) >= 11 is 0. The summed E-state index contributed by atoms with van der Waals surface area (Å²) in [5, 5.41) is 9.73. The molecule has 26 heavy (non-hydrogen) atoms. The van der Waals surface area contributed by atoms with Crippen molar-refractivity contribution in [1.82, 2.24) is 9.80 Å². The van der Waals surface area contributed by atoms with E-state index in [4.69, 9.17) is 4.74 Å². The Morgan fingerprint density at radius 3 is 2.42 bits per heavy atom. The van der Waals surface area contributed by atoms with Crippen LogP contribution in [-0.4, -0.2) is 61.2 Å². The van der Waals surface area contributed by atoms with Gasteiger partial charge in [-0.05, 0) is 63.4 Å². The minimum absolute atomic E-state index is 0. The lowest BCUT2D eigenvalue weighted by atomic mass is 9.86. The highest BCUT2D eigenvalue weighted by Crippen LogP contribution is 2.29. The quantitative estimate of drug-likeness (QED) is 0.783. The fourth-order valence-electron chi connectivity index (χ4n) is 3.48. The van der Waals surface area contributed by atoms with Gasteiger partial charge in [0.1, 0.15) is 0 Å². The standard InChI is InChI=1S/C20H32N2O3.ClH/c1-15-5-8-17(9-6-15)22(12-11-21(2)3)20(24)14-16-7-10-18(23)19(13-16)25-4;/h7,10,13,15,17,23H,5-6,8-9,11-12,14H2,1-4H3;1H/t15-,17-;. The number of benzene rings is 1. The number of hydrogen-bond donors (Lipinski definition) is 1. The van der Waals surface area contributed by atoms with E-state index in [1.165, 1.54) is 20.0 Å². The average Bonchev–Trinajstić information content (AvgIpc) is 2.58. The molecule has 1 aromatic carbocycles. The first-order valence-electron chi connectivity index (χ1n) is 9.20. The van der Waals surface area contributed by atoms with Crippen molar-refractivity contribution in [2.75, 3.05) is 34.3 Å². The third-order valence-electron chi connectivity index (χ3n) is 5.13. The highest BCUT2D eigenvalue weighted by Gasteiger charge is 2.27. The van der Waals surface area contributed by atoms with Gasteiger partial charge >= 0.3 is 0 Å². The number of carbonyl (C=O) groups excluding carboxylic acids is 1. The molecule has 6 heteroatoms. The third-order valence-corrected chi connectivity index (χ3v) is 5.13. The molecule has 0 heterocycles. The van der Waals surface area contributed by atoms with Crippen LogP contribution < -0.4 is 4.74 Å². The van der Waals surface area contributed by atoms with E-state index < -0.39 is 0 Å². The van der Waals surface area contributed by atoms with Crippen LogP contribution in [0.4, 0.5) is 0 Å². The summed E-state index contributed by atoms with van der Waals surface area (Å²) < 4.78 is 5.15. The van der Waals surface area contributed by atoms with E-state index in [2.05, 4.69) is 16.7 Å². The molecule has 0 aromatic heterocycles. The van der Waals surface area contributed by atoms with Gasteiger partial charge in [-0.1, -0.05) is 13.0 Å². The zero-order valence-electron chi connectivity index (χ0n) is 16.4. The molecule has 0 radical (unpaired) electrons. The van der Waals surface area contributed by atoms with Crippen molar-refractivity contribution >= 4 is 18.3 Å². The molecule has 0 bridgehead atoms. The lowest BCUT2D eigenvalue weighted by Gasteiger charge is -2.37. The summed E-state index contributed by atoms with van der Waals surface area (Å²) in [6, 6.07) is 5.49. The van der Waals surface area contributed by atoms with E-state index in [-0.39, 0.29) is 24.1 Å². The van der Waals surface area contributed by atoms with Gasteiger partial charge in [-0.2, -0.15) is 0 Å². The van der Waals surface area contributed by atoms with Crippen molar-refractivity contribution in [3.8, 4) is 11.5 Å². The lowest BCUT2D eigenvalue weighted by Crippen LogP contribution is -2.46. The van der Waals surface area contributed by atoms with Gasteiger partial charge in [-0.15, -0.1) is 12.4 Å². The van der Waals surface area contributed by atoms with Gasteiger partial charge < -0.3 is 19.6 Å². The fraction of sp³-hybridized carbons (Fsp3) is 0.650. The van der Waals surface area contributed by atoms with E-state index in [1.54, 1.807) is 18.2 Å². The second kappa shape index (κ2) is 10.6. The predicted octanol–water partition coefficient (Wildman–Crippen LogP) is 3.33. The normalized spacial score (nSPS) is 19.7. The first kappa shape index (κ1) is 22.6. The van der Waals surface area contributed by atoms with E-state index in [0.29, 0.717) is 18.2 Å². The van der Waals surface area contributed by atoms with Crippen LogP contribution in [0.25, 0.3) is 0 Å². The molecule has 1 saturated carbocycles. The predicted molar refractivity (Wildman–Crippen MR) is 107 cm³/mol. The Hall–Kier alpha value is -1.46. The van der Waals surface area contributed by atoms with Gasteiger partial charge in [0.2, 0.25) is 5.91 Å². The number of amides is 1. The van der Waals surface area contributed by atoms with E-state index in [0.717, 1.165) is 37.4 Å². The smallest absolute Gasteiger partial charge is 0.227 e. The second-order valence-electron chi connectivity index (χ2n) is 7.49. The van der Waals surface area contributed by atoms with E-state index in [9.17, 15) is 9.90 Å². The van der Waals surface area contributed by atoms with Crippen molar-refractivity contribution in [2.45, 2.75) is 45.1 Å². The van der Waals surface area contributed by atoms with Crippen molar-refractivity contribution < 1.29 is 14.6 Å². The largest absolute Gasteiger partial charge is 0.504 e. The van der Waals surface area contributed by atoms with Gasteiger partial charge in [0, 0.05) is 19.1 Å². The molecule has 0 saturated heterocycles. The van der Waals surface area contributed by atoms with Crippen LogP contribution in [0, 0.1) is 5.92 Å². The highest BCUT2D eigenvalue weighted by molar-refractivity contribution is 5.85. The van der Waals surface area contributed by atoms with Crippen LogP contribution in [0.2, 0.25) is 0 Å². The molecule has 2 rings (SSSR count). The van der Waals surface area contributed by atoms with Crippen molar-refractivity contribution in [3.63, 3.8) is 0 Å². The summed E-state index contributed by atoms with van der Waals surface area (Å²) in [7, 11) is 5.60. The van der Waals surface area contributed by atoms with Gasteiger partial charge in [0.25, 0.3) is 0 Å². The maximum Gasteiger partial charge on any atom is 0.227 e. The van der Waals surface area contributed by atoms with Crippen molar-refractivity contribution in [1.29, 1.82) is 0 Å². The van der Waals surface area contributed by atoms with E-state index in [1.807, 2.05) is 14.1 Å². The zero-order valence-corrected chi connectivity index (χ0v) is 17.2. The van der Waals surface area contributed by atoms with Crippen molar-refractivity contribution in [2.24, 2.45) is 5.92 Å². The number of hydrogen-bond acceptors (Lipinski definition) is 4. The molecule has 0 spiro atoms. The number of rotatable bonds is 7. The van der Waals surface area contributed by atoms with E-state index >= 15 is 0 Å². The summed E-state index contributed by atoms with van der Waals surface area (Å²) in [4.78, 5) is 17.2. The van der Waals surface area contributed by atoms with Crippen LogP contribution in [0.5, 0.6) is 11.5 Å². The molecule has 0 aliphatic heterocycles. The fourth-order valence-corrected chi connectivity index (χ4v) is 3.48. The Bertz CT molecular complexity index is 572. The van der Waals surface area contributed by atoms with Crippen LogP contribution in [0.3, 0.4) is 0 Å². The average molecular weight is 385 g/mol. The molecule has 148 valence electrons. The molecular weight excluding hydrogens is 352 g/mol. The Morgan fingerprint density at radius 2 is 1.85 bits per heavy atom. The Morgan fingerprint density at radius 1 is 1.19 bits per heavy atom. The number of nitrogens with zero attached hydrogens (tertiary/aromatic N) is 2. The topological polar surface area (TPSA) is 53.0 Å². The van der Waals surface area contributed by atoms with Gasteiger partial charge in [0.05, 0.1) is 13.5 Å². The summed E-state index contributed by atoms with van der Waals surface area (Å²) in [6.45, 7) is 3.93. The Labute approximate surface area is 163 Å². The maximum absolute atomic E-state index is 13.0. The number of phenolic OH excluding ortho intramolecular Hbond substituents is 1. The number of phenols is 1. The van der Waals surface area contributed by atoms with Gasteiger partial charge in [-0.3, -0.25) is 4.79 Å². The summed E-state index contributed by atoms with van der Waals surface area (Å²) in [6.07, 6.45) is 4.93. The molecule has 1 aliphatic rings. The number of carbonyl (C=O) groups is 1. The maximum atomic E-state index is 13.0. The Kier molecular flexibility index (Phi) is 9.23. The van der Waals surface area contributed by atoms with Crippen LogP contribution in [0.15, 0.2) is 18.2 Å². The second-order valence-corrected chi connectivity index (χ2v) is 7.49. The first-order valence-corrected chi connectivity index (χ1v) is 9.20. The monoisotopic (exact) mass is 384 g/mol. The molecule has 1 aliphatic carbocycles. The van der Waals surface area contributed by atoms with Gasteiger partial charge in [0.15, 0.2) is 11.5 Å². The minimum atomic E-state index is 0. The summed E-state index contributed by atoms with van der Waals surface area (Å²) in [5.74, 6) is 1.44. The number of halogens is 1. The molecule has 1 amide bonds. The molecular formula is C20H33ClN2O3. The van der Waals surface area contributed by atoms with Crippen LogP contribution >= 0.6 is 12.4 Å². The zero-order chi connectivity index (χ0) is 18.4. The number of methoxy groups -OCH3 is 1. The molecule has 0 atom stereocenters. The molecule has 5 nitrogen and oxygen atoms in total. The third kappa shape index (κ3) is 6.36. The van der Waals surface area contributed by atoms with Gasteiger partial charge in [-0.25, -0.2) is 0 Å². The molecule has 1 N–H and O–H groups in total.